The van der Waals surface area contributed by atoms with Crippen molar-refractivity contribution in [2.45, 2.75) is 101 Å². The topological polar surface area (TPSA) is 178 Å². The van der Waals surface area contributed by atoms with Gasteiger partial charge < -0.3 is 35.7 Å². The van der Waals surface area contributed by atoms with Crippen molar-refractivity contribution in [2.75, 3.05) is 42.7 Å². The number of halogens is 6. The Balaban J connectivity index is 0. The lowest BCUT2D eigenvalue weighted by Gasteiger charge is -2.23. The standard InChI is InChI=1S/2C15H28NO3Si.2CHF3O3S/c2*1-15(2,3)14-8-11-16(12-9-14)10-7-13-20(17-4,18-5)19-6;2*2-1(3,4)8(5,6)7/h2*8-9,11-12H,7,10,13H2,1-6H3;2*(H,5,6,7)/q2*+1;;/p-2. The Morgan fingerprint density at radius 2 is 0.714 bits per heavy atom. The molecular weight excluding hydrogens is 839 g/mol. The first kappa shape index (κ1) is 56.0. The number of hydrogen-bond donors (Lipinski definition) is 0. The summed E-state index contributed by atoms with van der Waals surface area (Å²) in [5, 5.41) is 0. The Kier molecular flexibility index (Phi) is 23.5. The lowest BCUT2D eigenvalue weighted by molar-refractivity contribution is -0.697. The van der Waals surface area contributed by atoms with Gasteiger partial charge in [-0.3, -0.25) is 0 Å². The van der Waals surface area contributed by atoms with Crippen molar-refractivity contribution in [1.29, 1.82) is 0 Å². The van der Waals surface area contributed by atoms with Gasteiger partial charge in [0.05, 0.1) is 0 Å². The molecule has 2 heterocycles. The molecule has 0 N–H and O–H groups in total. The van der Waals surface area contributed by atoms with Gasteiger partial charge in [-0.05, 0) is 22.0 Å². The van der Waals surface area contributed by atoms with Crippen LogP contribution in [0.2, 0.25) is 12.1 Å². The molecule has 0 aromatic carbocycles. The van der Waals surface area contributed by atoms with E-state index in [9.17, 15) is 26.3 Å². The maximum atomic E-state index is 10.7. The lowest BCUT2D eigenvalue weighted by atomic mass is 9.88. The first-order valence-corrected chi connectivity index (χ1v) is 23.3. The number of rotatable bonds is 14. The third-order valence-corrected chi connectivity index (χ3v) is 14.5. The molecule has 2 rings (SSSR count). The van der Waals surface area contributed by atoms with E-state index >= 15 is 0 Å². The van der Waals surface area contributed by atoms with E-state index in [2.05, 4.69) is 99.7 Å². The number of nitrogens with zero attached hydrogens (tertiary/aromatic N) is 2. The highest BCUT2D eigenvalue weighted by molar-refractivity contribution is 7.86. The van der Waals surface area contributed by atoms with E-state index in [1.54, 1.807) is 42.7 Å². The van der Waals surface area contributed by atoms with Gasteiger partial charge in [-0.2, -0.15) is 26.3 Å². The summed E-state index contributed by atoms with van der Waals surface area (Å²) in [6.45, 7) is 15.2. The fourth-order valence-electron chi connectivity index (χ4n) is 4.28. The average Bonchev–Trinajstić information content (AvgIpc) is 3.08. The van der Waals surface area contributed by atoms with Crippen molar-refractivity contribution in [3.8, 4) is 0 Å². The van der Waals surface area contributed by atoms with Gasteiger partial charge in [-0.1, -0.05) is 41.5 Å². The summed E-state index contributed by atoms with van der Waals surface area (Å²) in [6, 6.07) is 10.4. The van der Waals surface area contributed by atoms with Crippen molar-refractivity contribution in [3.63, 3.8) is 0 Å². The summed E-state index contributed by atoms with van der Waals surface area (Å²) in [6.07, 6.45) is 10.5. The molecule has 14 nitrogen and oxygen atoms in total. The second kappa shape index (κ2) is 23.5. The van der Waals surface area contributed by atoms with Crippen LogP contribution >= 0.6 is 0 Å². The van der Waals surface area contributed by atoms with Gasteiger partial charge in [0.2, 0.25) is 0 Å². The molecule has 56 heavy (non-hydrogen) atoms. The fourth-order valence-corrected chi connectivity index (χ4v) is 7.69. The van der Waals surface area contributed by atoms with E-state index in [0.717, 1.165) is 38.0 Å². The minimum atomic E-state index is -6.09. The highest BCUT2D eigenvalue weighted by Gasteiger charge is 2.39. The molecule has 0 radical (unpaired) electrons. The maximum absolute atomic E-state index is 10.7. The lowest BCUT2D eigenvalue weighted by Crippen LogP contribution is -2.44. The van der Waals surface area contributed by atoms with E-state index in [1.807, 2.05) is 0 Å². The van der Waals surface area contributed by atoms with Gasteiger partial charge >= 0.3 is 28.6 Å². The minimum absolute atomic E-state index is 0.198. The van der Waals surface area contributed by atoms with Crippen LogP contribution in [0.3, 0.4) is 0 Å². The summed E-state index contributed by atoms with van der Waals surface area (Å²) in [4.78, 5) is 0. The first-order valence-electron chi connectivity index (χ1n) is 16.6. The Morgan fingerprint density at radius 3 is 0.857 bits per heavy atom. The van der Waals surface area contributed by atoms with Crippen LogP contribution < -0.4 is 9.13 Å². The highest BCUT2D eigenvalue weighted by atomic mass is 32.2. The van der Waals surface area contributed by atoms with Crippen LogP contribution in [0.1, 0.15) is 65.5 Å². The van der Waals surface area contributed by atoms with E-state index in [-0.39, 0.29) is 10.8 Å². The molecule has 0 saturated heterocycles. The van der Waals surface area contributed by atoms with Gasteiger partial charge in [0.1, 0.15) is 13.1 Å². The molecule has 0 aliphatic carbocycles. The number of alkyl halides is 6. The molecule has 328 valence electrons. The van der Waals surface area contributed by atoms with Gasteiger partial charge in [-0.15, -0.1) is 0 Å². The zero-order valence-corrected chi connectivity index (χ0v) is 37.4. The average molecular weight is 895 g/mol. The maximum Gasteiger partial charge on any atom is 0.500 e. The predicted molar refractivity (Wildman–Crippen MR) is 195 cm³/mol. The van der Waals surface area contributed by atoms with Crippen LogP contribution in [-0.2, 0) is 70.7 Å². The number of hydrogen-bond acceptors (Lipinski definition) is 12. The van der Waals surface area contributed by atoms with Crippen molar-refractivity contribution in [2.24, 2.45) is 0 Å². The summed E-state index contributed by atoms with van der Waals surface area (Å²) in [7, 11) is -7.09. The summed E-state index contributed by atoms with van der Waals surface area (Å²) >= 11 is 0. The Morgan fingerprint density at radius 1 is 0.518 bits per heavy atom. The van der Waals surface area contributed by atoms with Gasteiger partial charge in [0, 0.05) is 91.9 Å². The molecule has 0 amide bonds. The summed E-state index contributed by atoms with van der Waals surface area (Å²) in [5.41, 5.74) is -8.20. The van der Waals surface area contributed by atoms with Crippen molar-refractivity contribution in [1.82, 2.24) is 0 Å². The third-order valence-electron chi connectivity index (χ3n) is 7.75. The summed E-state index contributed by atoms with van der Waals surface area (Å²) in [5.74, 6) is 0. The van der Waals surface area contributed by atoms with E-state index in [0.29, 0.717) is 0 Å². The van der Waals surface area contributed by atoms with Gasteiger partial charge in [-0.25, -0.2) is 26.0 Å². The van der Waals surface area contributed by atoms with E-state index < -0.39 is 48.9 Å². The molecule has 24 heteroatoms. The molecule has 0 saturated carbocycles. The largest absolute Gasteiger partial charge is 0.741 e. The van der Waals surface area contributed by atoms with Crippen LogP contribution in [0.5, 0.6) is 0 Å². The Labute approximate surface area is 329 Å². The molecular formula is C32H56F6N2O12S2Si2. The Bertz CT molecular complexity index is 1480. The fraction of sp³-hybridized carbons (Fsp3) is 0.688. The van der Waals surface area contributed by atoms with Gasteiger partial charge in [0.25, 0.3) is 0 Å². The van der Waals surface area contributed by atoms with E-state index in [1.165, 1.54) is 11.1 Å². The molecule has 2 aromatic rings. The van der Waals surface area contributed by atoms with Crippen LogP contribution in [-0.4, -0.2) is 97.2 Å². The smallest absolute Gasteiger partial charge is 0.500 e. The molecule has 0 fully saturated rings. The summed E-state index contributed by atoms with van der Waals surface area (Å²) < 4.78 is 155. The van der Waals surface area contributed by atoms with Crippen LogP contribution in [0.25, 0.3) is 0 Å². The SMILES string of the molecule is CO[Si](CCC[n+]1ccc(C(C)(C)C)cc1)(OC)OC.CO[Si](CCC[n+]1ccc(C(C)(C)C)cc1)(OC)OC.O=S(=O)([O-])C(F)(F)F.O=S(=O)([O-])C(F)(F)F. The molecule has 0 aliphatic rings. The highest BCUT2D eigenvalue weighted by Crippen LogP contribution is 2.23. The normalized spacial score (nSPS) is 13.1. The molecule has 0 bridgehead atoms. The Hall–Kier alpha value is -2.11. The quantitative estimate of drug-likeness (QED) is 0.0800. The van der Waals surface area contributed by atoms with E-state index in [4.69, 9.17) is 52.5 Å². The molecule has 0 atom stereocenters. The number of pyridine rings is 2. The zero-order valence-electron chi connectivity index (χ0n) is 33.7. The third kappa shape index (κ3) is 21.1. The van der Waals surface area contributed by atoms with Crippen molar-refractivity contribution < 1.29 is 88.0 Å². The predicted octanol–water partition coefficient (Wildman–Crippen LogP) is 5.18. The monoisotopic (exact) mass is 894 g/mol. The number of aromatic nitrogens is 2. The molecule has 0 aliphatic heterocycles. The second-order valence-corrected chi connectivity index (χ2v) is 22.7. The van der Waals surface area contributed by atoms with Gasteiger partial charge in [0.15, 0.2) is 45.0 Å². The number of aryl methyl sites for hydroxylation is 2. The molecule has 2 aromatic heterocycles. The van der Waals surface area contributed by atoms with Crippen molar-refractivity contribution >= 4 is 37.8 Å². The zero-order chi connectivity index (χ0) is 44.5. The van der Waals surface area contributed by atoms with Crippen molar-refractivity contribution in [3.05, 3.63) is 60.2 Å². The molecule has 0 unspecified atom stereocenters. The van der Waals surface area contributed by atoms with Crippen LogP contribution in [0, 0.1) is 0 Å². The second-order valence-electron chi connectivity index (χ2n) is 13.7. The molecule has 0 spiro atoms. The first-order chi connectivity index (χ1) is 25.2. The van der Waals surface area contributed by atoms with Crippen LogP contribution in [0.15, 0.2) is 49.1 Å². The minimum Gasteiger partial charge on any atom is -0.741 e. The van der Waals surface area contributed by atoms with Crippen LogP contribution in [0.4, 0.5) is 26.3 Å².